The van der Waals surface area contributed by atoms with Gasteiger partial charge >= 0.3 is 18.7 Å². The van der Waals surface area contributed by atoms with Crippen LogP contribution in [0.4, 0.5) is 39.5 Å². The van der Waals surface area contributed by atoms with Gasteiger partial charge in [0.2, 0.25) is 0 Å². The van der Waals surface area contributed by atoms with Crippen molar-refractivity contribution in [3.05, 3.63) is 95.1 Å². The number of halogens is 9. The second-order valence-corrected chi connectivity index (χ2v) is 9.87. The summed E-state index contributed by atoms with van der Waals surface area (Å²) in [4.78, 5) is 0. The zero-order valence-corrected chi connectivity index (χ0v) is 22.4. The molecule has 0 fully saturated rings. The molecular formula is C29H28F9NO3. The number of rotatable bonds is 13. The Morgan fingerprint density at radius 3 is 2.12 bits per heavy atom. The van der Waals surface area contributed by atoms with Gasteiger partial charge < -0.3 is 19.9 Å². The van der Waals surface area contributed by atoms with E-state index in [4.69, 9.17) is 4.74 Å². The minimum atomic E-state index is -5.00. The van der Waals surface area contributed by atoms with Crippen LogP contribution < -0.4 is 14.8 Å². The molecule has 4 nitrogen and oxygen atoms in total. The average Bonchev–Trinajstić information content (AvgIpc) is 2.86. The van der Waals surface area contributed by atoms with Gasteiger partial charge in [-0.15, -0.1) is 0 Å². The van der Waals surface area contributed by atoms with Gasteiger partial charge in [-0.3, -0.25) is 0 Å². The number of hydrogen-bond donors (Lipinski definition) is 2. The molecule has 0 bridgehead atoms. The molecule has 0 saturated carbocycles. The molecule has 0 radical (unpaired) electrons. The van der Waals surface area contributed by atoms with Gasteiger partial charge in [-0.25, -0.2) is 8.78 Å². The molecule has 0 spiro atoms. The second-order valence-electron chi connectivity index (χ2n) is 9.87. The lowest BCUT2D eigenvalue weighted by molar-refractivity contribution is -0.253. The maximum atomic E-state index is 14.9. The maximum Gasteiger partial charge on any atom is 0.461 e. The van der Waals surface area contributed by atoms with Crippen LogP contribution in [0.5, 0.6) is 11.5 Å². The van der Waals surface area contributed by atoms with E-state index in [1.807, 2.05) is 0 Å². The third-order valence-corrected chi connectivity index (χ3v) is 6.08. The van der Waals surface area contributed by atoms with Crippen LogP contribution in [-0.4, -0.2) is 42.6 Å². The van der Waals surface area contributed by atoms with Gasteiger partial charge in [-0.2, -0.15) is 30.7 Å². The second kappa shape index (κ2) is 13.2. The molecule has 230 valence electrons. The van der Waals surface area contributed by atoms with Crippen molar-refractivity contribution in [2.45, 2.75) is 63.1 Å². The van der Waals surface area contributed by atoms with E-state index in [1.54, 1.807) is 44.2 Å². The van der Waals surface area contributed by atoms with Crippen molar-refractivity contribution in [1.29, 1.82) is 0 Å². The summed E-state index contributed by atoms with van der Waals surface area (Å²) in [5, 5.41) is 13.0. The third kappa shape index (κ3) is 8.78. The van der Waals surface area contributed by atoms with E-state index < -0.39 is 66.8 Å². The Morgan fingerprint density at radius 1 is 0.857 bits per heavy atom. The highest BCUT2D eigenvalue weighted by atomic mass is 19.4. The molecule has 13 heteroatoms. The summed E-state index contributed by atoms with van der Waals surface area (Å²) in [7, 11) is 0. The van der Waals surface area contributed by atoms with E-state index in [9.17, 15) is 44.6 Å². The van der Waals surface area contributed by atoms with Crippen molar-refractivity contribution in [1.82, 2.24) is 5.32 Å². The number of aliphatic hydroxyl groups excluding tert-OH is 1. The lowest BCUT2D eigenvalue weighted by Crippen LogP contribution is -2.49. The smallest absolute Gasteiger partial charge is 0.461 e. The molecule has 0 aromatic heterocycles. The highest BCUT2D eigenvalue weighted by Crippen LogP contribution is 2.39. The average molecular weight is 610 g/mol. The van der Waals surface area contributed by atoms with Gasteiger partial charge in [0.25, 0.3) is 0 Å². The van der Waals surface area contributed by atoms with Gasteiger partial charge in [0, 0.05) is 12.6 Å². The van der Waals surface area contributed by atoms with Crippen molar-refractivity contribution >= 4 is 0 Å². The molecule has 1 unspecified atom stereocenters. The first kappa shape index (κ1) is 33.1. The number of hydrogen-bond acceptors (Lipinski definition) is 4. The monoisotopic (exact) mass is 609 g/mol. The summed E-state index contributed by atoms with van der Waals surface area (Å²) in [5.74, 6) is -3.30. The molecule has 2 N–H and O–H groups in total. The number of ether oxygens (including phenoxy) is 2. The first-order chi connectivity index (χ1) is 19.5. The quantitative estimate of drug-likeness (QED) is 0.199. The molecule has 3 aromatic rings. The fourth-order valence-corrected chi connectivity index (χ4v) is 4.35. The Kier molecular flexibility index (Phi) is 10.4. The molecule has 42 heavy (non-hydrogen) atoms. The van der Waals surface area contributed by atoms with Gasteiger partial charge in [0.05, 0.1) is 24.2 Å². The molecule has 0 aliphatic heterocycles. The SMILES string of the molecule is CC(C)Oc1cc([C@@](Cc2ccccc2)(NCC(O)CC(F)(F)F)c2cc(F)cc(OC(F)(F)C(F)F)c2)ccc1F. The molecule has 0 saturated heterocycles. The summed E-state index contributed by atoms with van der Waals surface area (Å²) in [6.45, 7) is 2.45. The van der Waals surface area contributed by atoms with Crippen LogP contribution >= 0.6 is 0 Å². The number of alkyl halides is 7. The fraction of sp³-hybridized carbons (Fsp3) is 0.379. The van der Waals surface area contributed by atoms with Crippen LogP contribution in [0, 0.1) is 11.6 Å². The van der Waals surface area contributed by atoms with E-state index in [-0.39, 0.29) is 23.3 Å². The Balaban J connectivity index is 2.28. The van der Waals surface area contributed by atoms with E-state index in [2.05, 4.69) is 10.1 Å². The summed E-state index contributed by atoms with van der Waals surface area (Å²) in [6, 6.07) is 13.6. The summed E-state index contributed by atoms with van der Waals surface area (Å²) in [5.41, 5.74) is -1.56. The molecule has 2 atom stereocenters. The first-order valence-electron chi connectivity index (χ1n) is 12.7. The summed E-state index contributed by atoms with van der Waals surface area (Å²) < 4.78 is 132. The Labute approximate surface area is 236 Å². The lowest BCUT2D eigenvalue weighted by Gasteiger charge is -2.38. The number of nitrogens with one attached hydrogen (secondary N) is 1. The molecule has 0 heterocycles. The number of benzene rings is 3. The van der Waals surface area contributed by atoms with E-state index in [0.717, 1.165) is 18.2 Å². The maximum absolute atomic E-state index is 14.9. The molecule has 3 aromatic carbocycles. The first-order valence-corrected chi connectivity index (χ1v) is 12.7. The summed E-state index contributed by atoms with van der Waals surface area (Å²) >= 11 is 0. The lowest BCUT2D eigenvalue weighted by atomic mass is 9.77. The molecule has 0 aliphatic carbocycles. The van der Waals surface area contributed by atoms with Crippen molar-refractivity contribution in [2.24, 2.45) is 0 Å². The zero-order valence-electron chi connectivity index (χ0n) is 22.4. The Morgan fingerprint density at radius 2 is 1.52 bits per heavy atom. The van der Waals surface area contributed by atoms with Crippen LogP contribution in [0.1, 0.15) is 37.0 Å². The summed E-state index contributed by atoms with van der Waals surface area (Å²) in [6.07, 6.45) is -18.4. The van der Waals surface area contributed by atoms with Crippen LogP contribution in [0.25, 0.3) is 0 Å². The topological polar surface area (TPSA) is 50.7 Å². The van der Waals surface area contributed by atoms with E-state index in [0.29, 0.717) is 11.6 Å². The van der Waals surface area contributed by atoms with Crippen LogP contribution in [0.2, 0.25) is 0 Å². The van der Waals surface area contributed by atoms with Crippen LogP contribution in [-0.2, 0) is 12.0 Å². The zero-order chi connectivity index (χ0) is 31.3. The highest BCUT2D eigenvalue weighted by Gasteiger charge is 2.45. The van der Waals surface area contributed by atoms with Crippen molar-refractivity contribution in [2.75, 3.05) is 6.54 Å². The standard InChI is InChI=1S/C29H28F9NO3/c1-17(2)41-25-12-19(8-9-24(25)31)27(14-18-6-4-3-5-7-18,39-16-22(40)15-28(34,35)36)20-10-21(30)13-23(11-20)42-29(37,38)26(32)33/h3-13,17,22,26,39-40H,14-16H2,1-2H3/t22?,27-/m1/s1. The minimum absolute atomic E-state index is 0.0692. The predicted octanol–water partition coefficient (Wildman–Crippen LogP) is 7.38. The third-order valence-electron chi connectivity index (χ3n) is 6.08. The van der Waals surface area contributed by atoms with Crippen molar-refractivity contribution in [3.63, 3.8) is 0 Å². The molecule has 3 rings (SSSR count). The molecule has 0 aliphatic rings. The highest BCUT2D eigenvalue weighted by molar-refractivity contribution is 5.47. The normalized spacial score (nSPS) is 14.6. The van der Waals surface area contributed by atoms with Gasteiger partial charge in [-0.05, 0) is 61.2 Å². The van der Waals surface area contributed by atoms with Crippen LogP contribution in [0.3, 0.4) is 0 Å². The van der Waals surface area contributed by atoms with Gasteiger partial charge in [-0.1, -0.05) is 36.4 Å². The molecular weight excluding hydrogens is 581 g/mol. The largest absolute Gasteiger partial charge is 0.488 e. The predicted molar refractivity (Wildman–Crippen MR) is 136 cm³/mol. The Bertz CT molecular complexity index is 1320. The minimum Gasteiger partial charge on any atom is -0.488 e. The molecule has 0 amide bonds. The van der Waals surface area contributed by atoms with E-state index >= 15 is 0 Å². The van der Waals surface area contributed by atoms with E-state index in [1.165, 1.54) is 12.1 Å². The fourth-order valence-electron chi connectivity index (χ4n) is 4.35. The van der Waals surface area contributed by atoms with Gasteiger partial charge in [0.1, 0.15) is 11.6 Å². The number of aliphatic hydroxyl groups is 1. The van der Waals surface area contributed by atoms with Gasteiger partial charge in [0.15, 0.2) is 11.6 Å². The van der Waals surface area contributed by atoms with Crippen LogP contribution in [0.15, 0.2) is 66.7 Å². The van der Waals surface area contributed by atoms with Crippen molar-refractivity contribution < 1.29 is 54.1 Å². The van der Waals surface area contributed by atoms with Crippen molar-refractivity contribution in [3.8, 4) is 11.5 Å². The Hall–Kier alpha value is -3.45.